The number of rotatable bonds is 6. The van der Waals surface area contributed by atoms with Crippen molar-refractivity contribution in [2.75, 3.05) is 24.2 Å². The summed E-state index contributed by atoms with van der Waals surface area (Å²) in [6.45, 7) is -0.564. The predicted molar refractivity (Wildman–Crippen MR) is 96.2 cm³/mol. The van der Waals surface area contributed by atoms with Gasteiger partial charge >= 0.3 is 5.97 Å². The van der Waals surface area contributed by atoms with Gasteiger partial charge in [0.15, 0.2) is 0 Å². The van der Waals surface area contributed by atoms with Crippen LogP contribution in [0.5, 0.6) is 0 Å². The highest BCUT2D eigenvalue weighted by Crippen LogP contribution is 2.28. The Morgan fingerprint density at radius 3 is 2.40 bits per heavy atom. The van der Waals surface area contributed by atoms with E-state index >= 15 is 0 Å². The van der Waals surface area contributed by atoms with E-state index in [1.165, 1.54) is 30.0 Å². The number of halogens is 2. The highest BCUT2D eigenvalue weighted by atomic mass is 35.5. The number of carbonyl (C=O) groups excluding carboxylic acids is 1. The average Bonchev–Trinajstić information content (AvgIpc) is 2.61. The molecule has 0 aliphatic heterocycles. The lowest BCUT2D eigenvalue weighted by Gasteiger charge is -2.23. The number of nitrogens with zero attached hydrogens (tertiary/aromatic N) is 1. The monoisotopic (exact) mass is 403 g/mol. The number of hydrogen-bond donors (Lipinski definition) is 0. The van der Waals surface area contributed by atoms with Crippen LogP contribution in [0.25, 0.3) is 0 Å². The first-order valence-corrected chi connectivity index (χ1v) is 10.0. The highest BCUT2D eigenvalue weighted by molar-refractivity contribution is 7.98. The number of sulfonamides is 1. The Hall–Kier alpha value is -1.77. The van der Waals surface area contributed by atoms with E-state index in [0.29, 0.717) is 0 Å². The van der Waals surface area contributed by atoms with E-state index in [-0.39, 0.29) is 15.6 Å². The van der Waals surface area contributed by atoms with Crippen molar-refractivity contribution in [1.29, 1.82) is 0 Å². The molecule has 134 valence electrons. The standard InChI is InChI=1S/C16H15ClFNO4S2/c1-23-16(20)10-19(11-3-8-15(18)14(17)9-11)25(21,22)13-6-4-12(24-2)5-7-13/h3-9H,10H2,1-2H3. The summed E-state index contributed by atoms with van der Waals surface area (Å²) in [5.41, 5.74) is 0.0609. The minimum absolute atomic E-state index is 0.00495. The molecule has 0 heterocycles. The van der Waals surface area contributed by atoms with E-state index in [2.05, 4.69) is 4.74 Å². The van der Waals surface area contributed by atoms with Crippen LogP contribution >= 0.6 is 23.4 Å². The van der Waals surface area contributed by atoms with Crippen LogP contribution in [0, 0.1) is 5.82 Å². The maximum absolute atomic E-state index is 13.4. The first-order chi connectivity index (χ1) is 11.8. The lowest BCUT2D eigenvalue weighted by molar-refractivity contribution is -0.138. The van der Waals surface area contributed by atoms with Gasteiger partial charge in [-0.2, -0.15) is 0 Å². The van der Waals surface area contributed by atoms with Crippen molar-refractivity contribution >= 4 is 45.0 Å². The minimum Gasteiger partial charge on any atom is -0.468 e. The third kappa shape index (κ3) is 4.45. The van der Waals surface area contributed by atoms with Crippen molar-refractivity contribution in [3.05, 3.63) is 53.3 Å². The summed E-state index contributed by atoms with van der Waals surface area (Å²) in [6, 6.07) is 9.62. The van der Waals surface area contributed by atoms with Crippen LogP contribution in [0.2, 0.25) is 5.02 Å². The highest BCUT2D eigenvalue weighted by Gasteiger charge is 2.28. The van der Waals surface area contributed by atoms with Gasteiger partial charge in [-0.3, -0.25) is 9.10 Å². The molecule has 0 aliphatic rings. The Balaban J connectivity index is 2.52. The largest absolute Gasteiger partial charge is 0.468 e. The molecule has 0 saturated carbocycles. The Labute approximate surface area is 154 Å². The van der Waals surface area contributed by atoms with Crippen LogP contribution < -0.4 is 4.31 Å². The number of esters is 1. The van der Waals surface area contributed by atoms with Crippen LogP contribution in [-0.2, 0) is 19.6 Å². The lowest BCUT2D eigenvalue weighted by atomic mass is 10.3. The molecule has 5 nitrogen and oxygen atoms in total. The molecule has 0 N–H and O–H groups in total. The molecule has 0 saturated heterocycles. The van der Waals surface area contributed by atoms with Gasteiger partial charge in [-0.15, -0.1) is 11.8 Å². The molecule has 25 heavy (non-hydrogen) atoms. The van der Waals surface area contributed by atoms with Crippen molar-refractivity contribution in [3.63, 3.8) is 0 Å². The fraction of sp³-hybridized carbons (Fsp3) is 0.188. The molecule has 9 heteroatoms. The predicted octanol–water partition coefficient (Wildman–Crippen LogP) is 3.57. The molecular weight excluding hydrogens is 389 g/mol. The number of anilines is 1. The van der Waals surface area contributed by atoms with Crippen LogP contribution in [0.3, 0.4) is 0 Å². The smallest absolute Gasteiger partial charge is 0.326 e. The van der Waals surface area contributed by atoms with E-state index in [9.17, 15) is 17.6 Å². The van der Waals surface area contributed by atoms with E-state index in [1.54, 1.807) is 12.1 Å². The number of thioether (sulfide) groups is 1. The lowest BCUT2D eigenvalue weighted by Crippen LogP contribution is -2.36. The Morgan fingerprint density at radius 1 is 1.24 bits per heavy atom. The molecule has 0 amide bonds. The second kappa shape index (κ2) is 8.07. The van der Waals surface area contributed by atoms with Gasteiger partial charge in [-0.1, -0.05) is 11.6 Å². The summed E-state index contributed by atoms with van der Waals surface area (Å²) in [4.78, 5) is 12.6. The fourth-order valence-electron chi connectivity index (χ4n) is 2.01. The molecule has 0 atom stereocenters. The zero-order valence-corrected chi connectivity index (χ0v) is 15.8. The van der Waals surface area contributed by atoms with Gasteiger partial charge in [0.2, 0.25) is 0 Å². The van der Waals surface area contributed by atoms with Crippen molar-refractivity contribution in [2.24, 2.45) is 0 Å². The Kier molecular flexibility index (Phi) is 6.31. The normalized spacial score (nSPS) is 11.2. The average molecular weight is 404 g/mol. The van der Waals surface area contributed by atoms with Gasteiger partial charge in [-0.25, -0.2) is 12.8 Å². The fourth-order valence-corrected chi connectivity index (χ4v) is 4.00. The first-order valence-electron chi connectivity index (χ1n) is 6.98. The maximum atomic E-state index is 13.4. The summed E-state index contributed by atoms with van der Waals surface area (Å²) in [6.07, 6.45) is 1.87. The summed E-state index contributed by atoms with van der Waals surface area (Å²) < 4.78 is 44.7. The SMILES string of the molecule is COC(=O)CN(c1ccc(F)c(Cl)c1)S(=O)(=O)c1ccc(SC)cc1. The molecule has 0 unspecified atom stereocenters. The van der Waals surface area contributed by atoms with Crippen LogP contribution in [0.4, 0.5) is 10.1 Å². The molecule has 0 radical (unpaired) electrons. The quantitative estimate of drug-likeness (QED) is 0.545. The zero-order chi connectivity index (χ0) is 18.6. The van der Waals surface area contributed by atoms with Gasteiger partial charge in [0.05, 0.1) is 22.7 Å². The molecule has 2 aromatic rings. The van der Waals surface area contributed by atoms with Crippen LogP contribution in [-0.4, -0.2) is 34.3 Å². The van der Waals surface area contributed by atoms with E-state index in [4.69, 9.17) is 11.6 Å². The van der Waals surface area contributed by atoms with Crippen LogP contribution in [0.1, 0.15) is 0 Å². The van der Waals surface area contributed by atoms with Gasteiger partial charge in [0.25, 0.3) is 10.0 Å². The summed E-state index contributed by atoms with van der Waals surface area (Å²) >= 11 is 7.22. The Morgan fingerprint density at radius 2 is 1.88 bits per heavy atom. The molecule has 0 spiro atoms. The molecule has 0 bridgehead atoms. The number of hydrogen-bond acceptors (Lipinski definition) is 5. The zero-order valence-electron chi connectivity index (χ0n) is 13.4. The Bertz CT molecular complexity index is 872. The van der Waals surface area contributed by atoms with Gasteiger partial charge < -0.3 is 4.74 Å². The van der Waals surface area contributed by atoms with Crippen LogP contribution in [0.15, 0.2) is 52.3 Å². The molecule has 0 aliphatic carbocycles. The number of benzene rings is 2. The minimum atomic E-state index is -4.07. The van der Waals surface area contributed by atoms with Crippen molar-refractivity contribution in [3.8, 4) is 0 Å². The molecule has 0 aromatic heterocycles. The van der Waals surface area contributed by atoms with Gasteiger partial charge in [0, 0.05) is 4.90 Å². The number of ether oxygens (including phenoxy) is 1. The van der Waals surface area contributed by atoms with E-state index in [1.807, 2.05) is 6.26 Å². The van der Waals surface area contributed by atoms with E-state index in [0.717, 1.165) is 28.4 Å². The molecular formula is C16H15ClFNO4S2. The second-order valence-electron chi connectivity index (χ2n) is 4.86. The topological polar surface area (TPSA) is 63.7 Å². The number of methoxy groups -OCH3 is 1. The molecule has 2 rings (SSSR count). The molecule has 2 aromatic carbocycles. The van der Waals surface area contributed by atoms with E-state index < -0.39 is 28.4 Å². The third-order valence-electron chi connectivity index (χ3n) is 3.34. The first kappa shape index (κ1) is 19.6. The third-order valence-corrected chi connectivity index (χ3v) is 6.16. The van der Waals surface area contributed by atoms with Crippen molar-refractivity contribution in [1.82, 2.24) is 0 Å². The number of carbonyl (C=O) groups is 1. The molecule has 0 fully saturated rings. The van der Waals surface area contributed by atoms with Crippen molar-refractivity contribution in [2.45, 2.75) is 9.79 Å². The maximum Gasteiger partial charge on any atom is 0.326 e. The van der Waals surface area contributed by atoms with Gasteiger partial charge in [-0.05, 0) is 48.7 Å². The van der Waals surface area contributed by atoms with Gasteiger partial charge in [0.1, 0.15) is 12.4 Å². The summed E-state index contributed by atoms with van der Waals surface area (Å²) in [5, 5.41) is -0.250. The van der Waals surface area contributed by atoms with Crippen molar-refractivity contribution < 1.29 is 22.3 Å². The summed E-state index contributed by atoms with van der Waals surface area (Å²) in [7, 11) is -2.92. The summed E-state index contributed by atoms with van der Waals surface area (Å²) in [5.74, 6) is -1.45. The second-order valence-corrected chi connectivity index (χ2v) is 8.01.